The predicted molar refractivity (Wildman–Crippen MR) is 80.2 cm³/mol. The van der Waals surface area contributed by atoms with Crippen molar-refractivity contribution in [1.29, 1.82) is 0 Å². The molecule has 0 bridgehead atoms. The lowest BCUT2D eigenvalue weighted by atomic mass is 10.2. The van der Waals surface area contributed by atoms with Crippen molar-refractivity contribution in [3.8, 4) is 0 Å². The van der Waals surface area contributed by atoms with Crippen LogP contribution in [0.2, 0.25) is 0 Å². The largest absolute Gasteiger partial charge is 0.464 e. The fraction of sp³-hybridized carbons (Fsp3) is 0.125. The molecule has 2 aromatic heterocycles. The zero-order valence-electron chi connectivity index (χ0n) is 12.2. The molecule has 2 heterocycles. The van der Waals surface area contributed by atoms with Crippen molar-refractivity contribution < 1.29 is 18.3 Å². The topological polar surface area (TPSA) is 55.6 Å². The van der Waals surface area contributed by atoms with Gasteiger partial charge in [-0.05, 0) is 29.8 Å². The number of hydrogen-bond donors (Lipinski definition) is 1. The molecule has 0 saturated carbocycles. The smallest absolute Gasteiger partial charge is 0.356 e. The standard InChI is InChI=1S/C16H13F2N3O2/c1-23-16(22)13-8-15(21-6-2-3-14(21)20-13)19-9-10-4-5-11(17)12(18)7-10/h2-8,19H,9H2,1H3. The number of benzene rings is 1. The molecule has 0 aliphatic rings. The van der Waals surface area contributed by atoms with Gasteiger partial charge in [-0.15, -0.1) is 0 Å². The molecular formula is C16H13F2N3O2. The van der Waals surface area contributed by atoms with Gasteiger partial charge in [0.25, 0.3) is 0 Å². The van der Waals surface area contributed by atoms with Gasteiger partial charge in [0.2, 0.25) is 0 Å². The Morgan fingerprint density at radius 2 is 2.09 bits per heavy atom. The van der Waals surface area contributed by atoms with E-state index in [0.29, 0.717) is 17.0 Å². The normalized spacial score (nSPS) is 10.7. The van der Waals surface area contributed by atoms with Crippen LogP contribution in [0.1, 0.15) is 16.1 Å². The quantitative estimate of drug-likeness (QED) is 0.752. The van der Waals surface area contributed by atoms with Gasteiger partial charge < -0.3 is 10.1 Å². The second kappa shape index (κ2) is 6.04. The molecule has 0 saturated heterocycles. The van der Waals surface area contributed by atoms with Crippen LogP contribution in [0.3, 0.4) is 0 Å². The van der Waals surface area contributed by atoms with Gasteiger partial charge in [0.05, 0.1) is 7.11 Å². The maximum absolute atomic E-state index is 13.2. The van der Waals surface area contributed by atoms with Gasteiger partial charge in [-0.3, -0.25) is 4.40 Å². The maximum Gasteiger partial charge on any atom is 0.356 e. The van der Waals surface area contributed by atoms with E-state index in [0.717, 1.165) is 12.1 Å². The van der Waals surface area contributed by atoms with Crippen molar-refractivity contribution in [1.82, 2.24) is 9.38 Å². The van der Waals surface area contributed by atoms with Crippen molar-refractivity contribution in [3.05, 3.63) is 65.5 Å². The van der Waals surface area contributed by atoms with E-state index in [4.69, 9.17) is 0 Å². The molecule has 7 heteroatoms. The number of nitrogens with zero attached hydrogens (tertiary/aromatic N) is 2. The first-order chi connectivity index (χ1) is 11.1. The molecule has 3 aromatic rings. The van der Waals surface area contributed by atoms with Gasteiger partial charge in [0.15, 0.2) is 17.3 Å². The Morgan fingerprint density at radius 1 is 1.26 bits per heavy atom. The second-order valence-corrected chi connectivity index (χ2v) is 4.86. The first kappa shape index (κ1) is 15.0. The molecule has 23 heavy (non-hydrogen) atoms. The van der Waals surface area contributed by atoms with Crippen LogP contribution < -0.4 is 5.32 Å². The molecule has 0 fully saturated rings. The first-order valence-corrected chi connectivity index (χ1v) is 6.82. The summed E-state index contributed by atoms with van der Waals surface area (Å²) in [5.41, 5.74) is 1.30. The highest BCUT2D eigenvalue weighted by Gasteiger charge is 2.12. The average Bonchev–Trinajstić information content (AvgIpc) is 3.03. The zero-order chi connectivity index (χ0) is 16.4. The van der Waals surface area contributed by atoms with Gasteiger partial charge in [-0.25, -0.2) is 18.6 Å². The molecule has 1 aromatic carbocycles. The highest BCUT2D eigenvalue weighted by molar-refractivity contribution is 5.88. The van der Waals surface area contributed by atoms with E-state index in [9.17, 15) is 13.6 Å². The minimum atomic E-state index is -0.902. The lowest BCUT2D eigenvalue weighted by molar-refractivity contribution is 0.0594. The molecule has 0 atom stereocenters. The number of methoxy groups -OCH3 is 1. The minimum absolute atomic E-state index is 0.159. The summed E-state index contributed by atoms with van der Waals surface area (Å²) >= 11 is 0. The summed E-state index contributed by atoms with van der Waals surface area (Å²) in [5.74, 6) is -1.76. The number of halogens is 2. The average molecular weight is 317 g/mol. The first-order valence-electron chi connectivity index (χ1n) is 6.82. The minimum Gasteiger partial charge on any atom is -0.464 e. The van der Waals surface area contributed by atoms with E-state index in [1.165, 1.54) is 13.2 Å². The molecule has 1 N–H and O–H groups in total. The van der Waals surface area contributed by atoms with Crippen molar-refractivity contribution >= 4 is 17.4 Å². The molecule has 0 amide bonds. The molecule has 5 nitrogen and oxygen atoms in total. The van der Waals surface area contributed by atoms with Crippen molar-refractivity contribution in [2.24, 2.45) is 0 Å². The van der Waals surface area contributed by atoms with Gasteiger partial charge in [-0.2, -0.15) is 0 Å². The fourth-order valence-electron chi connectivity index (χ4n) is 2.21. The Bertz CT molecular complexity index is 877. The SMILES string of the molecule is COC(=O)c1cc(NCc2ccc(F)c(F)c2)n2cccc2n1. The van der Waals surface area contributed by atoms with E-state index in [1.807, 2.05) is 0 Å². The molecule has 0 aliphatic carbocycles. The summed E-state index contributed by atoms with van der Waals surface area (Å²) in [5, 5.41) is 3.08. The third-order valence-corrected chi connectivity index (χ3v) is 3.35. The van der Waals surface area contributed by atoms with Crippen molar-refractivity contribution in [2.75, 3.05) is 12.4 Å². The molecule has 0 radical (unpaired) electrons. The van der Waals surface area contributed by atoms with E-state index >= 15 is 0 Å². The highest BCUT2D eigenvalue weighted by atomic mass is 19.2. The van der Waals surface area contributed by atoms with Gasteiger partial charge in [0, 0.05) is 18.8 Å². The van der Waals surface area contributed by atoms with Crippen molar-refractivity contribution in [3.63, 3.8) is 0 Å². The van der Waals surface area contributed by atoms with Crippen LogP contribution in [0, 0.1) is 11.6 Å². The van der Waals surface area contributed by atoms with Crippen LogP contribution in [0.25, 0.3) is 5.65 Å². The number of anilines is 1. The lowest BCUT2D eigenvalue weighted by Gasteiger charge is -2.11. The van der Waals surface area contributed by atoms with Crippen LogP contribution in [-0.2, 0) is 11.3 Å². The molecule has 118 valence electrons. The van der Waals surface area contributed by atoms with E-state index in [2.05, 4.69) is 15.0 Å². The number of hydrogen-bond acceptors (Lipinski definition) is 4. The van der Waals surface area contributed by atoms with Gasteiger partial charge in [-0.1, -0.05) is 6.07 Å². The summed E-state index contributed by atoms with van der Waals surface area (Å²) in [7, 11) is 1.28. The predicted octanol–water partition coefficient (Wildman–Crippen LogP) is 3.01. The summed E-state index contributed by atoms with van der Waals surface area (Å²) in [6.45, 7) is 0.259. The number of carbonyl (C=O) groups excluding carboxylic acids is 1. The summed E-state index contributed by atoms with van der Waals surface area (Å²) in [6, 6.07) is 8.75. The molecule has 3 rings (SSSR count). The number of aromatic nitrogens is 2. The molecular weight excluding hydrogens is 304 g/mol. The fourth-order valence-corrected chi connectivity index (χ4v) is 2.21. The molecule has 0 spiro atoms. The number of carbonyl (C=O) groups is 1. The van der Waals surface area contributed by atoms with Crippen LogP contribution in [0.5, 0.6) is 0 Å². The number of esters is 1. The highest BCUT2D eigenvalue weighted by Crippen LogP contribution is 2.16. The van der Waals surface area contributed by atoms with Crippen LogP contribution in [0.15, 0.2) is 42.6 Å². The monoisotopic (exact) mass is 317 g/mol. The van der Waals surface area contributed by atoms with Crippen molar-refractivity contribution in [2.45, 2.75) is 6.54 Å². The van der Waals surface area contributed by atoms with Crippen LogP contribution in [0.4, 0.5) is 14.6 Å². The summed E-state index contributed by atoms with van der Waals surface area (Å²) < 4.78 is 32.6. The number of ether oxygens (including phenoxy) is 1. The number of rotatable bonds is 4. The zero-order valence-corrected chi connectivity index (χ0v) is 12.2. The van der Waals surface area contributed by atoms with Crippen LogP contribution >= 0.6 is 0 Å². The van der Waals surface area contributed by atoms with Gasteiger partial charge >= 0.3 is 5.97 Å². The van der Waals surface area contributed by atoms with Crippen LogP contribution in [-0.4, -0.2) is 22.5 Å². The number of fused-ring (bicyclic) bond motifs is 1. The van der Waals surface area contributed by atoms with E-state index in [-0.39, 0.29) is 12.2 Å². The lowest BCUT2D eigenvalue weighted by Crippen LogP contribution is -2.10. The summed E-state index contributed by atoms with van der Waals surface area (Å²) in [4.78, 5) is 15.9. The third-order valence-electron chi connectivity index (χ3n) is 3.35. The summed E-state index contributed by atoms with van der Waals surface area (Å²) in [6.07, 6.45) is 1.77. The Balaban J connectivity index is 1.90. The Labute approximate surface area is 130 Å². The van der Waals surface area contributed by atoms with Gasteiger partial charge in [0.1, 0.15) is 11.5 Å². The Kier molecular flexibility index (Phi) is 3.92. The Hall–Kier alpha value is -2.96. The number of nitrogens with one attached hydrogen (secondary N) is 1. The van der Waals surface area contributed by atoms with E-state index in [1.54, 1.807) is 28.8 Å². The van der Waals surface area contributed by atoms with E-state index < -0.39 is 17.6 Å². The molecule has 0 unspecified atom stereocenters. The maximum atomic E-state index is 13.2. The Morgan fingerprint density at radius 3 is 2.83 bits per heavy atom. The second-order valence-electron chi connectivity index (χ2n) is 4.86. The third kappa shape index (κ3) is 2.98. The molecule has 0 aliphatic heterocycles.